The number of hydrogen-bond donors (Lipinski definition) is 0. The van der Waals surface area contributed by atoms with Crippen molar-refractivity contribution in [2.24, 2.45) is 5.92 Å². The minimum Gasteiger partial charge on any atom is -0.493 e. The van der Waals surface area contributed by atoms with E-state index in [4.69, 9.17) is 14.2 Å². The highest BCUT2D eigenvalue weighted by atomic mass is 16.7. The lowest BCUT2D eigenvalue weighted by Crippen LogP contribution is -2.16. The van der Waals surface area contributed by atoms with E-state index in [-0.39, 0.29) is 12.6 Å². The summed E-state index contributed by atoms with van der Waals surface area (Å²) >= 11 is 0. The Morgan fingerprint density at radius 2 is 1.79 bits per heavy atom. The molecule has 4 rings (SSSR count). The maximum atomic E-state index is 13.1. The Balaban J connectivity index is 1.47. The minimum atomic E-state index is 0.0824. The van der Waals surface area contributed by atoms with Crippen LogP contribution in [-0.4, -0.2) is 26.3 Å². The molecule has 2 aromatic carbocycles. The average Bonchev–Trinajstić information content (AvgIpc) is 3.08. The summed E-state index contributed by atoms with van der Waals surface area (Å²) < 4.78 is 16.5. The molecule has 0 atom stereocenters. The summed E-state index contributed by atoms with van der Waals surface area (Å²) in [5.74, 6) is 2.18. The van der Waals surface area contributed by atoms with Crippen molar-refractivity contribution in [1.29, 1.82) is 0 Å². The maximum absolute atomic E-state index is 13.1. The Labute approximate surface area is 172 Å². The zero-order valence-electron chi connectivity index (χ0n) is 17.0. The van der Waals surface area contributed by atoms with Gasteiger partial charge in [-0.15, -0.1) is 0 Å². The molecule has 0 amide bonds. The number of rotatable bonds is 7. The Bertz CT molecular complexity index is 876. The molecule has 1 saturated carbocycles. The van der Waals surface area contributed by atoms with E-state index in [2.05, 4.69) is 0 Å². The SMILES string of the molecule is COCOc1ccc(/C=C2\Cc3cccc(OCC4CCCCC4)c3C2=O)cc1. The molecule has 29 heavy (non-hydrogen) atoms. The number of methoxy groups -OCH3 is 1. The third-order valence-corrected chi connectivity index (χ3v) is 5.78. The van der Waals surface area contributed by atoms with E-state index in [0.29, 0.717) is 18.9 Å². The number of benzene rings is 2. The molecule has 0 aromatic heterocycles. The van der Waals surface area contributed by atoms with Crippen LogP contribution in [0.5, 0.6) is 11.5 Å². The van der Waals surface area contributed by atoms with Gasteiger partial charge >= 0.3 is 0 Å². The van der Waals surface area contributed by atoms with Crippen molar-refractivity contribution < 1.29 is 19.0 Å². The molecule has 0 unspecified atom stereocenters. The summed E-state index contributed by atoms with van der Waals surface area (Å²) in [6.45, 7) is 0.934. The average molecular weight is 392 g/mol. The fourth-order valence-corrected chi connectivity index (χ4v) is 4.21. The first-order chi connectivity index (χ1) is 14.2. The first-order valence-electron chi connectivity index (χ1n) is 10.5. The molecular formula is C25H28O4. The van der Waals surface area contributed by atoms with Crippen molar-refractivity contribution in [3.05, 3.63) is 64.7 Å². The number of allylic oxidation sites excluding steroid dienone is 1. The van der Waals surface area contributed by atoms with Gasteiger partial charge in [0.1, 0.15) is 11.5 Å². The van der Waals surface area contributed by atoms with Crippen molar-refractivity contribution >= 4 is 11.9 Å². The Morgan fingerprint density at radius 3 is 2.55 bits per heavy atom. The highest BCUT2D eigenvalue weighted by Gasteiger charge is 2.28. The molecule has 0 aliphatic heterocycles. The third-order valence-electron chi connectivity index (χ3n) is 5.78. The van der Waals surface area contributed by atoms with Gasteiger partial charge < -0.3 is 14.2 Å². The Kier molecular flexibility index (Phi) is 6.30. The van der Waals surface area contributed by atoms with Crippen LogP contribution in [0.4, 0.5) is 0 Å². The Morgan fingerprint density at radius 1 is 1.00 bits per heavy atom. The number of hydrogen-bond acceptors (Lipinski definition) is 4. The molecule has 1 fully saturated rings. The maximum Gasteiger partial charge on any atom is 0.193 e. The molecule has 2 aromatic rings. The normalized spacial score (nSPS) is 18.1. The quantitative estimate of drug-likeness (QED) is 0.464. The number of ketones is 1. The summed E-state index contributed by atoms with van der Waals surface area (Å²) in [5.41, 5.74) is 3.59. The topological polar surface area (TPSA) is 44.8 Å². The summed E-state index contributed by atoms with van der Waals surface area (Å²) in [6.07, 6.45) is 9.01. The number of carbonyl (C=O) groups is 1. The Hall–Kier alpha value is -2.59. The van der Waals surface area contributed by atoms with E-state index >= 15 is 0 Å². The second-order valence-corrected chi connectivity index (χ2v) is 7.90. The van der Waals surface area contributed by atoms with Crippen LogP contribution in [-0.2, 0) is 11.2 Å². The van der Waals surface area contributed by atoms with Crippen molar-refractivity contribution in [2.45, 2.75) is 38.5 Å². The van der Waals surface area contributed by atoms with E-state index < -0.39 is 0 Å². The largest absolute Gasteiger partial charge is 0.493 e. The molecule has 0 bridgehead atoms. The zero-order chi connectivity index (χ0) is 20.1. The van der Waals surface area contributed by atoms with Crippen molar-refractivity contribution in [3.8, 4) is 11.5 Å². The molecule has 0 spiro atoms. The third kappa shape index (κ3) is 4.70. The standard InChI is InChI=1S/C25H28O4/c1-27-17-29-22-12-10-18(11-13-22)14-21-15-20-8-5-9-23(24(20)25(21)26)28-16-19-6-3-2-4-7-19/h5,8-14,19H,2-4,6-7,15-17H2,1H3/b21-14+. The van der Waals surface area contributed by atoms with Gasteiger partial charge in [0.2, 0.25) is 0 Å². The van der Waals surface area contributed by atoms with Gasteiger partial charge in [-0.2, -0.15) is 0 Å². The van der Waals surface area contributed by atoms with Gasteiger partial charge in [0.15, 0.2) is 12.6 Å². The molecule has 4 heteroatoms. The van der Waals surface area contributed by atoms with Crippen LogP contribution in [0.1, 0.15) is 53.6 Å². The molecule has 0 heterocycles. The lowest BCUT2D eigenvalue weighted by atomic mass is 9.90. The number of ether oxygens (including phenoxy) is 3. The molecule has 4 nitrogen and oxygen atoms in total. The first-order valence-corrected chi connectivity index (χ1v) is 10.5. The van der Waals surface area contributed by atoms with Crippen LogP contribution in [0.25, 0.3) is 6.08 Å². The smallest absolute Gasteiger partial charge is 0.193 e. The van der Waals surface area contributed by atoms with Crippen LogP contribution < -0.4 is 9.47 Å². The molecule has 0 N–H and O–H groups in total. The molecule has 0 saturated heterocycles. The van der Waals surface area contributed by atoms with Gasteiger partial charge in [0, 0.05) is 19.1 Å². The van der Waals surface area contributed by atoms with E-state index in [1.807, 2.05) is 48.5 Å². The summed E-state index contributed by atoms with van der Waals surface area (Å²) in [4.78, 5) is 13.1. The fourth-order valence-electron chi connectivity index (χ4n) is 4.21. The van der Waals surface area contributed by atoms with Gasteiger partial charge in [-0.1, -0.05) is 43.5 Å². The molecular weight excluding hydrogens is 364 g/mol. The predicted octanol–water partition coefficient (Wildman–Crippen LogP) is 5.45. The van der Waals surface area contributed by atoms with Gasteiger partial charge in [0.05, 0.1) is 12.2 Å². The lowest BCUT2D eigenvalue weighted by molar-refractivity contribution is 0.0511. The van der Waals surface area contributed by atoms with Crippen LogP contribution in [0.15, 0.2) is 48.0 Å². The van der Waals surface area contributed by atoms with E-state index in [9.17, 15) is 4.79 Å². The van der Waals surface area contributed by atoms with Gasteiger partial charge in [0.25, 0.3) is 0 Å². The monoisotopic (exact) mass is 392 g/mol. The van der Waals surface area contributed by atoms with Crippen LogP contribution in [0.2, 0.25) is 0 Å². The second-order valence-electron chi connectivity index (χ2n) is 7.90. The summed E-state index contributed by atoms with van der Waals surface area (Å²) in [6, 6.07) is 13.6. The predicted molar refractivity (Wildman–Crippen MR) is 113 cm³/mol. The lowest BCUT2D eigenvalue weighted by Gasteiger charge is -2.22. The summed E-state index contributed by atoms with van der Waals surface area (Å²) in [5, 5.41) is 0. The van der Waals surface area contributed by atoms with Crippen LogP contribution in [0.3, 0.4) is 0 Å². The first kappa shape index (κ1) is 19.7. The molecule has 2 aliphatic carbocycles. The van der Waals surface area contributed by atoms with Crippen molar-refractivity contribution in [3.63, 3.8) is 0 Å². The van der Waals surface area contributed by atoms with E-state index in [1.54, 1.807) is 7.11 Å². The van der Waals surface area contributed by atoms with Crippen molar-refractivity contribution in [2.75, 3.05) is 20.5 Å². The van der Waals surface area contributed by atoms with Crippen LogP contribution in [0, 0.1) is 5.92 Å². The molecule has 0 radical (unpaired) electrons. The van der Waals surface area contributed by atoms with E-state index in [1.165, 1.54) is 32.1 Å². The molecule has 2 aliphatic rings. The number of fused-ring (bicyclic) bond motifs is 1. The number of Topliss-reactive ketones (excluding diaryl/α,β-unsaturated/α-hetero) is 1. The van der Waals surface area contributed by atoms with Crippen LogP contribution >= 0.6 is 0 Å². The fraction of sp³-hybridized carbons (Fsp3) is 0.400. The summed E-state index contributed by atoms with van der Waals surface area (Å²) in [7, 11) is 1.59. The second kappa shape index (κ2) is 9.27. The van der Waals surface area contributed by atoms with E-state index in [0.717, 1.165) is 33.8 Å². The molecule has 152 valence electrons. The highest BCUT2D eigenvalue weighted by Crippen LogP contribution is 2.35. The van der Waals surface area contributed by atoms with Gasteiger partial charge in [-0.05, 0) is 54.2 Å². The van der Waals surface area contributed by atoms with Gasteiger partial charge in [-0.25, -0.2) is 0 Å². The number of carbonyl (C=O) groups excluding carboxylic acids is 1. The minimum absolute atomic E-state index is 0.0824. The van der Waals surface area contributed by atoms with Crippen molar-refractivity contribution in [1.82, 2.24) is 0 Å². The zero-order valence-corrected chi connectivity index (χ0v) is 17.0. The highest BCUT2D eigenvalue weighted by molar-refractivity contribution is 6.17. The van der Waals surface area contributed by atoms with Gasteiger partial charge in [-0.3, -0.25) is 4.79 Å².